The molecule has 1 aromatic heterocycles. The molecule has 2 fully saturated rings. The molecule has 0 aliphatic heterocycles. The molecule has 0 radical (unpaired) electrons. The van der Waals surface area contributed by atoms with Gasteiger partial charge in [0, 0.05) is 11.6 Å². The maximum atomic E-state index is 12.7. The molecule has 0 spiro atoms. The van der Waals surface area contributed by atoms with Crippen LogP contribution in [0.1, 0.15) is 57.1 Å². The predicted molar refractivity (Wildman–Crippen MR) is 110 cm³/mol. The van der Waals surface area contributed by atoms with Crippen molar-refractivity contribution in [1.82, 2.24) is 9.55 Å². The van der Waals surface area contributed by atoms with Crippen LogP contribution in [0.2, 0.25) is 0 Å². The molecule has 1 aromatic carbocycles. The molecule has 136 valence electrons. The molecule has 5 nitrogen and oxygen atoms in total. The number of hydrogen-bond donors (Lipinski definition) is 1. The Morgan fingerprint density at radius 1 is 1.46 bits per heavy atom. The Morgan fingerprint density at radius 3 is 2.81 bits per heavy atom. The van der Waals surface area contributed by atoms with Crippen LogP contribution in [0.15, 0.2) is 18.2 Å². The van der Waals surface area contributed by atoms with Gasteiger partial charge in [0.05, 0.1) is 23.1 Å². The summed E-state index contributed by atoms with van der Waals surface area (Å²) in [6, 6.07) is 6.18. The number of nitrogens with one attached hydrogen (secondary N) is 1. The summed E-state index contributed by atoms with van der Waals surface area (Å²) >= 11 is 1.92. The average Bonchev–Trinajstić information content (AvgIpc) is 3.39. The highest BCUT2D eigenvalue weighted by Gasteiger charge is 2.44. The number of aromatic nitrogens is 2. The minimum Gasteiger partial charge on any atom is -0.309 e. The smallest absolute Gasteiger partial charge is 0.229 e. The molecule has 0 saturated heterocycles. The maximum absolute atomic E-state index is 12.7. The van der Waals surface area contributed by atoms with Crippen LogP contribution in [0, 0.1) is 18.3 Å². The molecular formula is C20H22IN3O2. The van der Waals surface area contributed by atoms with Crippen molar-refractivity contribution in [3.05, 3.63) is 23.8 Å². The van der Waals surface area contributed by atoms with E-state index >= 15 is 0 Å². The third-order valence-electron chi connectivity index (χ3n) is 5.68. The third kappa shape index (κ3) is 3.23. The van der Waals surface area contributed by atoms with Gasteiger partial charge in [-0.25, -0.2) is 4.98 Å². The number of anilines is 1. The van der Waals surface area contributed by atoms with Gasteiger partial charge < -0.3 is 7.63 Å². The Morgan fingerprint density at radius 2 is 2.23 bits per heavy atom. The molecule has 2 aliphatic carbocycles. The van der Waals surface area contributed by atoms with Gasteiger partial charge in [0.15, 0.2) is 0 Å². The first kappa shape index (κ1) is 17.8. The molecule has 1 amide bonds. The van der Waals surface area contributed by atoms with Crippen molar-refractivity contribution in [2.45, 2.75) is 57.1 Å². The second-order valence-electron chi connectivity index (χ2n) is 7.63. The maximum Gasteiger partial charge on any atom is 0.229 e. The Hall–Kier alpha value is -1.59. The van der Waals surface area contributed by atoms with Crippen LogP contribution in [-0.4, -0.2) is 21.1 Å². The van der Waals surface area contributed by atoms with Gasteiger partial charge in [-0.1, -0.05) is 5.92 Å². The molecule has 26 heavy (non-hydrogen) atoms. The van der Waals surface area contributed by atoms with Gasteiger partial charge in [0.1, 0.15) is 23.0 Å². The molecule has 1 N–H and O–H groups in total. The Labute approximate surface area is 167 Å². The van der Waals surface area contributed by atoms with Crippen molar-refractivity contribution in [3.63, 3.8) is 0 Å². The third-order valence-corrected chi connectivity index (χ3v) is 6.68. The van der Waals surface area contributed by atoms with E-state index in [-0.39, 0.29) is 5.91 Å². The molecule has 2 saturated carbocycles. The van der Waals surface area contributed by atoms with Gasteiger partial charge in [-0.15, -0.1) is 6.42 Å². The lowest BCUT2D eigenvalue weighted by Gasteiger charge is -2.29. The quantitative estimate of drug-likeness (QED) is 0.503. The highest BCUT2D eigenvalue weighted by atomic mass is 127. The first-order valence-electron chi connectivity index (χ1n) is 9.12. The number of nitrogens with zero attached hydrogens (tertiary/aromatic N) is 2. The van der Waals surface area contributed by atoms with E-state index in [1.807, 2.05) is 48.1 Å². The van der Waals surface area contributed by atoms with E-state index in [9.17, 15) is 4.79 Å². The minimum absolute atomic E-state index is 0.0517. The van der Waals surface area contributed by atoms with E-state index in [1.54, 1.807) is 0 Å². The fraction of sp³-hybridized carbons (Fsp3) is 0.500. The van der Waals surface area contributed by atoms with Gasteiger partial charge in [-0.3, -0.25) is 10.1 Å². The van der Waals surface area contributed by atoms with E-state index in [0.29, 0.717) is 24.3 Å². The number of terminal acetylenes is 1. The predicted octanol–water partition coefficient (Wildman–Crippen LogP) is 4.61. The molecule has 1 atom stereocenters. The molecule has 1 heterocycles. The molecule has 2 aliphatic rings. The van der Waals surface area contributed by atoms with Crippen molar-refractivity contribution in [2.24, 2.45) is 5.92 Å². The fourth-order valence-corrected chi connectivity index (χ4v) is 4.22. The van der Waals surface area contributed by atoms with Crippen LogP contribution in [0.25, 0.3) is 11.0 Å². The lowest BCUT2D eigenvalue weighted by atomic mass is 9.92. The van der Waals surface area contributed by atoms with Crippen LogP contribution < -0.4 is 5.32 Å². The first-order valence-corrected chi connectivity index (χ1v) is 10.0. The van der Waals surface area contributed by atoms with E-state index in [0.717, 1.165) is 42.3 Å². The number of fused-ring (bicyclic) bond motifs is 1. The molecule has 0 bridgehead atoms. The minimum atomic E-state index is -0.408. The van der Waals surface area contributed by atoms with Crippen molar-refractivity contribution < 1.29 is 7.86 Å². The van der Waals surface area contributed by atoms with E-state index in [4.69, 9.17) is 9.49 Å². The highest BCUT2D eigenvalue weighted by molar-refractivity contribution is 14.1. The summed E-state index contributed by atoms with van der Waals surface area (Å²) in [6.45, 7) is 2.02. The summed E-state index contributed by atoms with van der Waals surface area (Å²) < 4.78 is 7.78. The van der Waals surface area contributed by atoms with Crippen molar-refractivity contribution >= 4 is 45.9 Å². The fourth-order valence-electron chi connectivity index (χ4n) is 3.70. The Balaban J connectivity index is 1.63. The van der Waals surface area contributed by atoms with Crippen LogP contribution >= 0.6 is 23.0 Å². The summed E-state index contributed by atoms with van der Waals surface area (Å²) in [4.78, 5) is 17.4. The number of imidazole rings is 1. The summed E-state index contributed by atoms with van der Waals surface area (Å²) in [7, 11) is 0. The monoisotopic (exact) mass is 463 g/mol. The Kier molecular flexibility index (Phi) is 4.70. The van der Waals surface area contributed by atoms with Crippen molar-refractivity contribution in [1.29, 1.82) is 0 Å². The van der Waals surface area contributed by atoms with Crippen LogP contribution in [-0.2, 0) is 7.86 Å². The van der Waals surface area contributed by atoms with Gasteiger partial charge in [-0.05, 0) is 63.1 Å². The number of hydrogen-bond acceptors (Lipinski definition) is 3. The summed E-state index contributed by atoms with van der Waals surface area (Å²) in [6.07, 6.45) is 11.6. The van der Waals surface area contributed by atoms with Gasteiger partial charge in [0.2, 0.25) is 11.9 Å². The number of carbonyl (C=O) groups excluding carboxylic acids is 1. The summed E-state index contributed by atoms with van der Waals surface area (Å²) in [5.74, 6) is 3.72. The topological polar surface area (TPSA) is 56.1 Å². The summed E-state index contributed by atoms with van der Waals surface area (Å²) in [5.41, 5.74) is 2.28. The second kappa shape index (κ2) is 6.86. The standard InChI is InChI=1S/C20H22IN3O2/c1-3-13-7-10-16-17(11-13)24(15-5-4-6-15)19(22-16)23-18(25)12-20(2,26-21)14-8-9-14/h1,7,10-11,14-15H,4-6,8-9,12H2,2H3,(H,22,23,25). The lowest BCUT2D eigenvalue weighted by Crippen LogP contribution is -2.34. The first-order chi connectivity index (χ1) is 12.5. The van der Waals surface area contributed by atoms with E-state index < -0.39 is 5.60 Å². The number of halogens is 1. The van der Waals surface area contributed by atoms with Crippen LogP contribution in [0.5, 0.6) is 0 Å². The number of carbonyl (C=O) groups is 1. The second-order valence-corrected chi connectivity index (χ2v) is 8.07. The van der Waals surface area contributed by atoms with E-state index in [1.165, 1.54) is 6.42 Å². The van der Waals surface area contributed by atoms with Gasteiger partial charge >= 0.3 is 0 Å². The molecule has 1 unspecified atom stereocenters. The number of rotatable bonds is 6. The van der Waals surface area contributed by atoms with Crippen molar-refractivity contribution in [3.8, 4) is 12.3 Å². The number of benzene rings is 1. The number of amides is 1. The van der Waals surface area contributed by atoms with Crippen LogP contribution in [0.3, 0.4) is 0 Å². The Bertz CT molecular complexity index is 892. The highest BCUT2D eigenvalue weighted by Crippen LogP contribution is 2.45. The zero-order chi connectivity index (χ0) is 18.3. The summed E-state index contributed by atoms with van der Waals surface area (Å²) in [5, 5.41) is 3.04. The average molecular weight is 463 g/mol. The SMILES string of the molecule is C#Cc1ccc2nc(NC(=O)CC(C)(OI)C3CC3)n(C3CCC3)c2c1. The molecule has 6 heteroatoms. The zero-order valence-corrected chi connectivity index (χ0v) is 17.0. The van der Waals surface area contributed by atoms with E-state index in [2.05, 4.69) is 20.8 Å². The molecule has 2 aromatic rings. The molecule has 4 rings (SSSR count). The lowest BCUT2D eigenvalue weighted by molar-refractivity contribution is -0.119. The van der Waals surface area contributed by atoms with Gasteiger partial charge in [-0.2, -0.15) is 0 Å². The van der Waals surface area contributed by atoms with Crippen molar-refractivity contribution in [2.75, 3.05) is 5.32 Å². The zero-order valence-electron chi connectivity index (χ0n) is 14.8. The molecular weight excluding hydrogens is 441 g/mol. The van der Waals surface area contributed by atoms with Gasteiger partial charge in [0.25, 0.3) is 0 Å². The largest absolute Gasteiger partial charge is 0.309 e. The normalized spacial score (nSPS) is 19.6. The van der Waals surface area contributed by atoms with Crippen LogP contribution in [0.4, 0.5) is 5.95 Å².